The first-order valence-electron chi connectivity index (χ1n) is 6.76. The van der Waals surface area contributed by atoms with Crippen LogP contribution in [0.3, 0.4) is 0 Å². The van der Waals surface area contributed by atoms with Gasteiger partial charge in [-0.05, 0) is 39.0 Å². The first kappa shape index (κ1) is 16.0. The minimum Gasteiger partial charge on any atom is -0.478 e. The summed E-state index contributed by atoms with van der Waals surface area (Å²) in [6.45, 7) is 5.94. The van der Waals surface area contributed by atoms with Gasteiger partial charge in [0.05, 0.1) is 28.2 Å². The summed E-state index contributed by atoms with van der Waals surface area (Å²) in [5.41, 5.74) is 5.07. The Morgan fingerprint density at radius 1 is 1.45 bits per heavy atom. The Bertz CT molecular complexity index is 722. The van der Waals surface area contributed by atoms with Crippen molar-refractivity contribution in [3.05, 3.63) is 46.7 Å². The third kappa shape index (κ3) is 3.65. The van der Waals surface area contributed by atoms with Crippen molar-refractivity contribution in [3.63, 3.8) is 0 Å². The monoisotopic (exact) mass is 320 g/mol. The third-order valence-corrected chi connectivity index (χ3v) is 3.43. The van der Waals surface area contributed by atoms with Gasteiger partial charge >= 0.3 is 5.97 Å². The van der Waals surface area contributed by atoms with Crippen molar-refractivity contribution in [2.24, 2.45) is 5.10 Å². The molecule has 0 atom stereocenters. The number of benzene rings is 1. The third-order valence-electron chi connectivity index (χ3n) is 3.10. The lowest BCUT2D eigenvalue weighted by Gasteiger charge is -2.05. The second-order valence-electron chi connectivity index (χ2n) is 5.11. The average Bonchev–Trinajstić information content (AvgIpc) is 2.95. The molecule has 0 unspecified atom stereocenters. The molecule has 0 aliphatic rings. The van der Waals surface area contributed by atoms with Crippen LogP contribution in [0, 0.1) is 0 Å². The minimum atomic E-state index is -1.08. The zero-order valence-corrected chi connectivity index (χ0v) is 13.3. The predicted octanol–water partition coefficient (Wildman–Crippen LogP) is 3.65. The number of aromatic carboxylic acids is 1. The number of carboxylic acids is 1. The van der Waals surface area contributed by atoms with Crippen LogP contribution < -0.4 is 5.43 Å². The zero-order chi connectivity index (χ0) is 16.3. The van der Waals surface area contributed by atoms with E-state index in [0.717, 1.165) is 11.3 Å². The van der Waals surface area contributed by atoms with Gasteiger partial charge in [0.25, 0.3) is 0 Å². The molecule has 0 fully saturated rings. The maximum absolute atomic E-state index is 11.0. The van der Waals surface area contributed by atoms with E-state index < -0.39 is 5.97 Å². The van der Waals surface area contributed by atoms with Crippen LogP contribution >= 0.6 is 11.6 Å². The van der Waals surface area contributed by atoms with Crippen molar-refractivity contribution in [1.29, 1.82) is 0 Å². The molecule has 0 saturated heterocycles. The first-order chi connectivity index (χ1) is 10.4. The van der Waals surface area contributed by atoms with Gasteiger partial charge in [0.15, 0.2) is 0 Å². The molecule has 0 bridgehead atoms. The van der Waals surface area contributed by atoms with Crippen molar-refractivity contribution in [1.82, 2.24) is 9.78 Å². The molecule has 6 nitrogen and oxygen atoms in total. The number of nitrogens with one attached hydrogen (secondary N) is 1. The fourth-order valence-corrected chi connectivity index (χ4v) is 1.98. The Kier molecular flexibility index (Phi) is 4.82. The van der Waals surface area contributed by atoms with Crippen molar-refractivity contribution in [2.45, 2.75) is 26.8 Å². The highest BCUT2D eigenvalue weighted by molar-refractivity contribution is 6.33. The highest BCUT2D eigenvalue weighted by atomic mass is 35.5. The number of hydrogen-bond donors (Lipinski definition) is 2. The van der Waals surface area contributed by atoms with Gasteiger partial charge in [-0.25, -0.2) is 4.79 Å². The molecule has 0 radical (unpaired) electrons. The van der Waals surface area contributed by atoms with E-state index in [1.807, 2.05) is 31.6 Å². The van der Waals surface area contributed by atoms with Crippen molar-refractivity contribution >= 4 is 29.0 Å². The summed E-state index contributed by atoms with van der Waals surface area (Å²) in [6, 6.07) is 4.92. The molecule has 2 aromatic rings. The Hall–Kier alpha value is -2.34. The fraction of sp³-hybridized carbons (Fsp3) is 0.267. The summed E-state index contributed by atoms with van der Waals surface area (Å²) in [4.78, 5) is 11.0. The van der Waals surface area contributed by atoms with Crippen molar-refractivity contribution < 1.29 is 9.90 Å². The smallest absolute Gasteiger partial charge is 0.337 e. The van der Waals surface area contributed by atoms with Gasteiger partial charge in [-0.3, -0.25) is 10.1 Å². The van der Waals surface area contributed by atoms with Gasteiger partial charge in [-0.2, -0.15) is 10.2 Å². The zero-order valence-electron chi connectivity index (χ0n) is 12.5. The summed E-state index contributed by atoms with van der Waals surface area (Å²) >= 11 is 5.83. The van der Waals surface area contributed by atoms with E-state index in [4.69, 9.17) is 16.7 Å². The summed E-state index contributed by atoms with van der Waals surface area (Å²) in [5.74, 6) is -1.08. The van der Waals surface area contributed by atoms with E-state index >= 15 is 0 Å². The molecule has 22 heavy (non-hydrogen) atoms. The second kappa shape index (κ2) is 6.62. The first-order valence-corrected chi connectivity index (χ1v) is 7.14. The van der Waals surface area contributed by atoms with E-state index in [0.29, 0.717) is 5.69 Å². The number of carboxylic acid groups (broad SMARTS) is 1. The maximum atomic E-state index is 11.0. The van der Waals surface area contributed by atoms with Crippen molar-refractivity contribution in [3.8, 4) is 0 Å². The molecule has 0 saturated carbocycles. The molecular formula is C15H17ClN4O2. The molecule has 116 valence electrons. The highest BCUT2D eigenvalue weighted by Crippen LogP contribution is 2.20. The van der Waals surface area contributed by atoms with Crippen molar-refractivity contribution in [2.75, 3.05) is 5.43 Å². The molecule has 2 N–H and O–H groups in total. The molecule has 1 aromatic heterocycles. The summed E-state index contributed by atoms with van der Waals surface area (Å²) in [5, 5.41) is 17.7. The minimum absolute atomic E-state index is 0.0344. The van der Waals surface area contributed by atoms with Crippen LogP contribution in [0.25, 0.3) is 0 Å². The fourth-order valence-electron chi connectivity index (χ4n) is 1.78. The van der Waals surface area contributed by atoms with E-state index in [-0.39, 0.29) is 16.6 Å². The number of halogens is 1. The average molecular weight is 321 g/mol. The maximum Gasteiger partial charge on any atom is 0.337 e. The van der Waals surface area contributed by atoms with E-state index in [1.165, 1.54) is 12.1 Å². The van der Waals surface area contributed by atoms with Gasteiger partial charge in [-0.15, -0.1) is 0 Å². The normalized spacial score (nSPS) is 11.8. The Labute approximate surface area is 133 Å². The van der Waals surface area contributed by atoms with Gasteiger partial charge in [-0.1, -0.05) is 11.6 Å². The highest BCUT2D eigenvalue weighted by Gasteiger charge is 2.09. The van der Waals surface area contributed by atoms with Crippen LogP contribution in [0.2, 0.25) is 5.02 Å². The number of rotatable bonds is 5. The summed E-state index contributed by atoms with van der Waals surface area (Å²) < 4.78 is 1.85. The summed E-state index contributed by atoms with van der Waals surface area (Å²) in [7, 11) is 0. The second-order valence-corrected chi connectivity index (χ2v) is 5.52. The number of anilines is 1. The molecular weight excluding hydrogens is 304 g/mol. The number of aromatic nitrogens is 2. The van der Waals surface area contributed by atoms with E-state index in [9.17, 15) is 4.79 Å². The Morgan fingerprint density at radius 2 is 2.18 bits per heavy atom. The number of nitrogens with zero attached hydrogens (tertiary/aromatic N) is 3. The van der Waals surface area contributed by atoms with Crippen LogP contribution in [0.5, 0.6) is 0 Å². The van der Waals surface area contributed by atoms with Gasteiger partial charge in [0.2, 0.25) is 0 Å². The molecule has 0 spiro atoms. The van der Waals surface area contributed by atoms with Gasteiger partial charge < -0.3 is 5.11 Å². The van der Waals surface area contributed by atoms with Crippen LogP contribution in [0.4, 0.5) is 5.69 Å². The van der Waals surface area contributed by atoms with Crippen LogP contribution in [-0.4, -0.2) is 26.6 Å². The lowest BCUT2D eigenvalue weighted by Crippen LogP contribution is -2.02. The van der Waals surface area contributed by atoms with Crippen LogP contribution in [0.15, 0.2) is 35.7 Å². The van der Waals surface area contributed by atoms with Crippen LogP contribution in [-0.2, 0) is 0 Å². The topological polar surface area (TPSA) is 79.5 Å². The molecule has 0 aliphatic heterocycles. The molecule has 2 rings (SSSR count). The van der Waals surface area contributed by atoms with Crippen LogP contribution in [0.1, 0.15) is 42.7 Å². The van der Waals surface area contributed by atoms with E-state index in [2.05, 4.69) is 15.6 Å². The quantitative estimate of drug-likeness (QED) is 0.651. The number of carbonyl (C=O) groups is 1. The molecule has 1 aromatic carbocycles. The lowest BCUT2D eigenvalue weighted by molar-refractivity contribution is 0.0697. The number of hydrazone groups is 1. The molecule has 1 heterocycles. The predicted molar refractivity (Wildman–Crippen MR) is 86.9 cm³/mol. The largest absolute Gasteiger partial charge is 0.478 e. The molecule has 0 aliphatic carbocycles. The van der Waals surface area contributed by atoms with Gasteiger partial charge in [0, 0.05) is 17.8 Å². The Morgan fingerprint density at radius 3 is 2.77 bits per heavy atom. The van der Waals surface area contributed by atoms with E-state index in [1.54, 1.807) is 12.3 Å². The standard InChI is InChI=1S/C15H17ClN4O2/c1-9(2)20-8-11(7-17-20)10(3)18-19-12-4-5-14(16)13(6-12)15(21)22/h4-9,19H,1-3H3,(H,21,22). The summed E-state index contributed by atoms with van der Waals surface area (Å²) in [6.07, 6.45) is 3.65. The Balaban J connectivity index is 2.16. The van der Waals surface area contributed by atoms with Gasteiger partial charge in [0.1, 0.15) is 0 Å². The lowest BCUT2D eigenvalue weighted by atomic mass is 10.2. The number of hydrogen-bond acceptors (Lipinski definition) is 4. The SMILES string of the molecule is CC(=NNc1ccc(Cl)c(C(=O)O)c1)c1cnn(C(C)C)c1. The molecule has 7 heteroatoms. The molecule has 0 amide bonds.